The second-order valence-electron chi connectivity index (χ2n) is 7.16. The molecule has 0 aliphatic carbocycles. The van der Waals surface area contributed by atoms with Crippen LogP contribution in [-0.4, -0.2) is 51.6 Å². The maximum Gasteiger partial charge on any atom is 0.280 e. The molecule has 8 heteroatoms. The van der Waals surface area contributed by atoms with Crippen molar-refractivity contribution in [1.29, 1.82) is 0 Å². The topological polar surface area (TPSA) is 62.5 Å². The largest absolute Gasteiger partial charge is 0.352 e. The van der Waals surface area contributed by atoms with Crippen molar-refractivity contribution >= 4 is 11.6 Å². The summed E-state index contributed by atoms with van der Waals surface area (Å²) in [7, 11) is 0. The number of nitrogens with one attached hydrogen (secondary N) is 1. The average Bonchev–Trinajstić information content (AvgIpc) is 3.17. The lowest BCUT2D eigenvalue weighted by Crippen LogP contribution is -2.29. The Morgan fingerprint density at radius 1 is 1.20 bits per heavy atom. The summed E-state index contributed by atoms with van der Waals surface area (Å²) in [6.45, 7) is 9.43. The van der Waals surface area contributed by atoms with Crippen LogP contribution >= 0.6 is 0 Å². The summed E-state index contributed by atoms with van der Waals surface area (Å²) >= 11 is 0. The zero-order chi connectivity index (χ0) is 21.7. The minimum Gasteiger partial charge on any atom is -0.352 e. The fourth-order valence-corrected chi connectivity index (χ4v) is 3.31. The lowest BCUT2D eigenvalue weighted by molar-refractivity contribution is 0.0953. The van der Waals surface area contributed by atoms with Crippen molar-refractivity contribution in [2.45, 2.75) is 33.6 Å². The first kappa shape index (κ1) is 21.8. The number of fused-ring (bicyclic) bond motifs is 1. The van der Waals surface area contributed by atoms with Gasteiger partial charge in [0, 0.05) is 12.1 Å². The molecule has 0 aliphatic heterocycles. The van der Waals surface area contributed by atoms with E-state index in [0.717, 1.165) is 36.1 Å². The van der Waals surface area contributed by atoms with Crippen molar-refractivity contribution in [2.24, 2.45) is 0 Å². The Labute approximate surface area is 174 Å². The van der Waals surface area contributed by atoms with Gasteiger partial charge in [-0.2, -0.15) is 5.10 Å². The van der Waals surface area contributed by atoms with E-state index < -0.39 is 6.43 Å². The fourth-order valence-electron chi connectivity index (χ4n) is 3.31. The third kappa shape index (κ3) is 4.81. The predicted molar refractivity (Wildman–Crippen MR) is 113 cm³/mol. The fraction of sp³-hybridized carbons (Fsp3) is 0.409. The van der Waals surface area contributed by atoms with Crippen LogP contribution in [0.3, 0.4) is 0 Å². The monoisotopic (exact) mass is 415 g/mol. The molecule has 30 heavy (non-hydrogen) atoms. The SMILES string of the molecule is CCN(CC)CCCNC(=O)c1cnn2c(C(F)F)cc(-c3ccc(C)cc3)nc12. The smallest absolute Gasteiger partial charge is 0.280 e. The second-order valence-corrected chi connectivity index (χ2v) is 7.16. The van der Waals surface area contributed by atoms with E-state index in [9.17, 15) is 13.6 Å². The molecule has 0 radical (unpaired) electrons. The molecule has 0 saturated heterocycles. The van der Waals surface area contributed by atoms with Crippen LogP contribution in [0.15, 0.2) is 36.5 Å². The van der Waals surface area contributed by atoms with Crippen molar-refractivity contribution < 1.29 is 13.6 Å². The first-order valence-corrected chi connectivity index (χ1v) is 10.2. The van der Waals surface area contributed by atoms with E-state index in [1.54, 1.807) is 0 Å². The number of hydrogen-bond acceptors (Lipinski definition) is 4. The summed E-state index contributed by atoms with van der Waals surface area (Å²) in [6.07, 6.45) is -0.645. The molecule has 2 heterocycles. The molecule has 0 spiro atoms. The van der Waals surface area contributed by atoms with Gasteiger partial charge in [-0.25, -0.2) is 18.3 Å². The number of aromatic nitrogens is 3. The molecule has 1 N–H and O–H groups in total. The minimum atomic E-state index is -2.75. The Balaban J connectivity index is 1.86. The van der Waals surface area contributed by atoms with E-state index in [1.807, 2.05) is 31.2 Å². The van der Waals surface area contributed by atoms with Gasteiger partial charge in [0.2, 0.25) is 0 Å². The Kier molecular flexibility index (Phi) is 7.10. The summed E-state index contributed by atoms with van der Waals surface area (Å²) in [5.74, 6) is -0.363. The molecule has 0 saturated carbocycles. The number of nitrogens with zero attached hydrogens (tertiary/aromatic N) is 4. The van der Waals surface area contributed by atoms with Gasteiger partial charge in [0.25, 0.3) is 12.3 Å². The molecular weight excluding hydrogens is 388 g/mol. The molecule has 160 valence electrons. The number of aryl methyl sites for hydroxylation is 1. The quantitative estimate of drug-likeness (QED) is 0.535. The Morgan fingerprint density at radius 2 is 1.90 bits per heavy atom. The molecule has 0 bridgehead atoms. The van der Waals surface area contributed by atoms with Crippen LogP contribution in [0.5, 0.6) is 0 Å². The molecule has 3 rings (SSSR count). The van der Waals surface area contributed by atoms with Crippen molar-refractivity contribution in [3.63, 3.8) is 0 Å². The Morgan fingerprint density at radius 3 is 2.53 bits per heavy atom. The average molecular weight is 415 g/mol. The van der Waals surface area contributed by atoms with Crippen LogP contribution in [0.4, 0.5) is 8.78 Å². The van der Waals surface area contributed by atoms with E-state index in [2.05, 4.69) is 34.1 Å². The highest BCUT2D eigenvalue weighted by molar-refractivity contribution is 5.99. The maximum atomic E-state index is 13.7. The van der Waals surface area contributed by atoms with Gasteiger partial charge in [-0.15, -0.1) is 0 Å². The summed E-state index contributed by atoms with van der Waals surface area (Å²) in [4.78, 5) is 19.4. The van der Waals surface area contributed by atoms with Crippen molar-refractivity contribution in [3.05, 3.63) is 53.3 Å². The number of rotatable bonds is 9. The summed E-state index contributed by atoms with van der Waals surface area (Å²) < 4.78 is 28.4. The first-order chi connectivity index (χ1) is 14.4. The number of alkyl halides is 2. The van der Waals surface area contributed by atoms with Crippen LogP contribution in [0.25, 0.3) is 16.9 Å². The predicted octanol–water partition coefficient (Wildman–Crippen LogP) is 4.10. The lowest BCUT2D eigenvalue weighted by Gasteiger charge is -2.17. The van der Waals surface area contributed by atoms with Gasteiger partial charge in [-0.05, 0) is 39.0 Å². The maximum absolute atomic E-state index is 13.7. The molecule has 0 fully saturated rings. The summed E-state index contributed by atoms with van der Waals surface area (Å²) in [5.41, 5.74) is 2.17. The van der Waals surface area contributed by atoms with Crippen LogP contribution < -0.4 is 5.32 Å². The molecule has 1 aromatic carbocycles. The van der Waals surface area contributed by atoms with Crippen molar-refractivity contribution in [2.75, 3.05) is 26.2 Å². The van der Waals surface area contributed by atoms with Gasteiger partial charge < -0.3 is 10.2 Å². The zero-order valence-electron chi connectivity index (χ0n) is 17.5. The third-order valence-corrected chi connectivity index (χ3v) is 5.15. The van der Waals surface area contributed by atoms with Gasteiger partial charge in [0.15, 0.2) is 5.65 Å². The Hall–Kier alpha value is -2.87. The molecule has 6 nitrogen and oxygen atoms in total. The standard InChI is InChI=1S/C22H27F2N5O/c1-4-28(5-2)12-6-11-25-22(30)17-14-26-29-19(20(23)24)13-18(27-21(17)29)16-9-7-15(3)8-10-16/h7-10,13-14,20H,4-6,11-12H2,1-3H3,(H,25,30). The molecule has 3 aromatic rings. The van der Waals surface area contributed by atoms with Gasteiger partial charge in [-0.3, -0.25) is 4.79 Å². The minimum absolute atomic E-state index is 0.129. The molecule has 2 aromatic heterocycles. The van der Waals surface area contributed by atoms with Gasteiger partial charge in [0.1, 0.15) is 11.3 Å². The molecule has 0 atom stereocenters. The highest BCUT2D eigenvalue weighted by Gasteiger charge is 2.21. The van der Waals surface area contributed by atoms with Crippen molar-refractivity contribution in [1.82, 2.24) is 24.8 Å². The highest BCUT2D eigenvalue weighted by Crippen LogP contribution is 2.27. The number of amides is 1. The second kappa shape index (κ2) is 9.75. The highest BCUT2D eigenvalue weighted by atomic mass is 19.3. The molecule has 0 aliphatic rings. The van der Waals surface area contributed by atoms with Gasteiger partial charge >= 0.3 is 0 Å². The van der Waals surface area contributed by atoms with Gasteiger partial charge in [0.05, 0.1) is 11.9 Å². The summed E-state index contributed by atoms with van der Waals surface area (Å²) in [6, 6.07) is 8.76. The lowest BCUT2D eigenvalue weighted by atomic mass is 10.1. The summed E-state index contributed by atoms with van der Waals surface area (Å²) in [5, 5.41) is 6.85. The first-order valence-electron chi connectivity index (χ1n) is 10.2. The zero-order valence-corrected chi connectivity index (χ0v) is 17.5. The normalized spacial score (nSPS) is 11.6. The Bertz CT molecular complexity index is 997. The van der Waals surface area contributed by atoms with Crippen molar-refractivity contribution in [3.8, 4) is 11.3 Å². The van der Waals surface area contributed by atoms with Crippen LogP contribution in [0.2, 0.25) is 0 Å². The van der Waals surface area contributed by atoms with E-state index in [1.165, 1.54) is 12.3 Å². The third-order valence-electron chi connectivity index (χ3n) is 5.15. The van der Waals surface area contributed by atoms with E-state index >= 15 is 0 Å². The number of hydrogen-bond donors (Lipinski definition) is 1. The van der Waals surface area contributed by atoms with Crippen LogP contribution in [0, 0.1) is 6.92 Å². The number of benzene rings is 1. The number of carbonyl (C=O) groups is 1. The van der Waals surface area contributed by atoms with E-state index in [0.29, 0.717) is 17.8 Å². The molecular formula is C22H27F2N5O. The van der Waals surface area contributed by atoms with E-state index in [-0.39, 0.29) is 22.8 Å². The molecule has 1 amide bonds. The van der Waals surface area contributed by atoms with Crippen LogP contribution in [-0.2, 0) is 0 Å². The number of carbonyl (C=O) groups excluding carboxylic acids is 1. The van der Waals surface area contributed by atoms with Crippen LogP contribution in [0.1, 0.15) is 48.3 Å². The van der Waals surface area contributed by atoms with E-state index in [4.69, 9.17) is 0 Å². The van der Waals surface area contributed by atoms with Gasteiger partial charge in [-0.1, -0.05) is 43.7 Å². The molecule has 0 unspecified atom stereocenters. The number of halogens is 2.